The molecule has 0 saturated carbocycles. The lowest BCUT2D eigenvalue weighted by molar-refractivity contribution is -0.118. The average Bonchev–Trinajstić information content (AvgIpc) is 2.08. The van der Waals surface area contributed by atoms with Gasteiger partial charge >= 0.3 is 0 Å². The fraction of sp³-hybridized carbons (Fsp3) is 0.600. The second-order valence-corrected chi connectivity index (χ2v) is 3.51. The van der Waals surface area contributed by atoms with E-state index in [0.29, 0.717) is 6.42 Å². The monoisotopic (exact) mass is 166 g/mol. The number of allylic oxidation sites excluding steroid dienone is 2. The summed E-state index contributed by atoms with van der Waals surface area (Å²) < 4.78 is 0. The van der Waals surface area contributed by atoms with E-state index in [4.69, 9.17) is 0 Å². The fourth-order valence-corrected chi connectivity index (χ4v) is 1.44. The van der Waals surface area contributed by atoms with E-state index in [-0.39, 0.29) is 17.6 Å². The summed E-state index contributed by atoms with van der Waals surface area (Å²) in [5, 5.41) is 0. The van der Waals surface area contributed by atoms with Crippen LogP contribution in [0.25, 0.3) is 0 Å². The van der Waals surface area contributed by atoms with Gasteiger partial charge in [-0.05, 0) is 24.8 Å². The molecule has 2 unspecified atom stereocenters. The summed E-state index contributed by atoms with van der Waals surface area (Å²) in [5.41, 5.74) is 0.851. The number of carbonyl (C=O) groups is 2. The summed E-state index contributed by atoms with van der Waals surface area (Å²) in [6.45, 7) is 3.71. The first-order valence-corrected chi connectivity index (χ1v) is 4.30. The van der Waals surface area contributed by atoms with Crippen LogP contribution in [0.3, 0.4) is 0 Å². The smallest absolute Gasteiger partial charge is 0.158 e. The zero-order valence-corrected chi connectivity index (χ0v) is 7.54. The third kappa shape index (κ3) is 1.81. The molecular formula is C10H14O2. The molecule has 0 fully saturated rings. The molecular weight excluding hydrogens is 152 g/mol. The normalized spacial score (nSPS) is 26.3. The molecule has 0 saturated heterocycles. The Morgan fingerprint density at radius 3 is 2.83 bits per heavy atom. The summed E-state index contributed by atoms with van der Waals surface area (Å²) >= 11 is 0. The molecule has 0 amide bonds. The van der Waals surface area contributed by atoms with Crippen LogP contribution in [-0.2, 0) is 9.59 Å². The second kappa shape index (κ2) is 3.65. The fourth-order valence-electron chi connectivity index (χ4n) is 1.44. The van der Waals surface area contributed by atoms with Gasteiger partial charge in [-0.1, -0.05) is 13.0 Å². The van der Waals surface area contributed by atoms with E-state index in [1.165, 1.54) is 0 Å². The first-order chi connectivity index (χ1) is 5.65. The van der Waals surface area contributed by atoms with Crippen LogP contribution in [0.2, 0.25) is 0 Å². The Bertz CT molecular complexity index is 228. The standard InChI is InChI=1S/C10H14O2/c1-7-3-4-9(5-10(7)12)8(2)6-11/h3,6,8-9H,4-5H2,1-2H3. The van der Waals surface area contributed by atoms with Crippen molar-refractivity contribution < 1.29 is 9.59 Å². The van der Waals surface area contributed by atoms with Gasteiger partial charge in [-0.25, -0.2) is 0 Å². The molecule has 2 nitrogen and oxygen atoms in total. The number of Topliss-reactive ketones (excluding diaryl/α,β-unsaturated/α-hetero) is 1. The Labute approximate surface area is 72.7 Å². The molecule has 0 aromatic rings. The summed E-state index contributed by atoms with van der Waals surface area (Å²) in [7, 11) is 0. The summed E-state index contributed by atoms with van der Waals surface area (Å²) in [4.78, 5) is 21.7. The highest BCUT2D eigenvalue weighted by Gasteiger charge is 2.23. The third-order valence-electron chi connectivity index (χ3n) is 2.57. The van der Waals surface area contributed by atoms with Gasteiger partial charge in [0.15, 0.2) is 5.78 Å². The first kappa shape index (κ1) is 9.17. The van der Waals surface area contributed by atoms with Crippen molar-refractivity contribution in [2.45, 2.75) is 26.7 Å². The minimum atomic E-state index is 0.0123. The van der Waals surface area contributed by atoms with Gasteiger partial charge in [0.05, 0.1) is 0 Å². The highest BCUT2D eigenvalue weighted by atomic mass is 16.1. The Morgan fingerprint density at radius 1 is 1.67 bits per heavy atom. The van der Waals surface area contributed by atoms with E-state index in [1.807, 2.05) is 19.9 Å². The molecule has 12 heavy (non-hydrogen) atoms. The number of hydrogen-bond acceptors (Lipinski definition) is 2. The molecule has 0 bridgehead atoms. The van der Waals surface area contributed by atoms with Gasteiger partial charge in [0.2, 0.25) is 0 Å². The average molecular weight is 166 g/mol. The topological polar surface area (TPSA) is 34.1 Å². The van der Waals surface area contributed by atoms with Gasteiger partial charge in [-0.3, -0.25) is 4.79 Å². The lowest BCUT2D eigenvalue weighted by Gasteiger charge is -2.21. The molecule has 0 spiro atoms. The van der Waals surface area contributed by atoms with Crippen LogP contribution < -0.4 is 0 Å². The van der Waals surface area contributed by atoms with E-state index in [0.717, 1.165) is 18.3 Å². The van der Waals surface area contributed by atoms with Crippen LogP contribution in [0, 0.1) is 11.8 Å². The molecule has 2 heteroatoms. The zero-order chi connectivity index (χ0) is 9.14. The molecule has 0 radical (unpaired) electrons. The van der Waals surface area contributed by atoms with E-state index in [1.54, 1.807) is 0 Å². The van der Waals surface area contributed by atoms with Gasteiger partial charge in [-0.15, -0.1) is 0 Å². The Kier molecular flexibility index (Phi) is 2.79. The zero-order valence-electron chi connectivity index (χ0n) is 7.54. The number of hydrogen-bond donors (Lipinski definition) is 0. The Balaban J connectivity index is 2.64. The van der Waals surface area contributed by atoms with Gasteiger partial charge < -0.3 is 4.79 Å². The highest BCUT2D eigenvalue weighted by molar-refractivity contribution is 5.95. The number of carbonyl (C=O) groups excluding carboxylic acids is 2. The SMILES string of the molecule is CC1=CCC(C(C)C=O)CC1=O. The van der Waals surface area contributed by atoms with E-state index in [9.17, 15) is 9.59 Å². The molecule has 0 aliphatic heterocycles. The molecule has 0 N–H and O–H groups in total. The van der Waals surface area contributed by atoms with Crippen LogP contribution in [0.15, 0.2) is 11.6 Å². The molecule has 0 aromatic carbocycles. The van der Waals surface area contributed by atoms with Crippen LogP contribution in [0.1, 0.15) is 26.7 Å². The summed E-state index contributed by atoms with van der Waals surface area (Å²) in [6.07, 6.45) is 4.29. The van der Waals surface area contributed by atoms with E-state index in [2.05, 4.69) is 0 Å². The third-order valence-corrected chi connectivity index (χ3v) is 2.57. The molecule has 2 atom stereocenters. The van der Waals surface area contributed by atoms with Crippen molar-refractivity contribution in [3.63, 3.8) is 0 Å². The van der Waals surface area contributed by atoms with Crippen molar-refractivity contribution >= 4 is 12.1 Å². The van der Waals surface area contributed by atoms with Crippen molar-refractivity contribution in [3.8, 4) is 0 Å². The van der Waals surface area contributed by atoms with Crippen LogP contribution in [0.5, 0.6) is 0 Å². The van der Waals surface area contributed by atoms with Crippen molar-refractivity contribution in [1.29, 1.82) is 0 Å². The van der Waals surface area contributed by atoms with Crippen LogP contribution >= 0.6 is 0 Å². The molecule has 1 aliphatic rings. The van der Waals surface area contributed by atoms with Crippen LogP contribution in [-0.4, -0.2) is 12.1 Å². The number of aldehydes is 1. The Hall–Kier alpha value is -0.920. The van der Waals surface area contributed by atoms with E-state index >= 15 is 0 Å². The molecule has 66 valence electrons. The summed E-state index contributed by atoms with van der Waals surface area (Å²) in [6, 6.07) is 0. The maximum absolute atomic E-state index is 11.2. The molecule has 0 aromatic heterocycles. The maximum atomic E-state index is 11.2. The predicted octanol–water partition coefficient (Wildman–Crippen LogP) is 1.75. The maximum Gasteiger partial charge on any atom is 0.158 e. The second-order valence-electron chi connectivity index (χ2n) is 3.51. The van der Waals surface area contributed by atoms with E-state index < -0.39 is 0 Å². The summed E-state index contributed by atoms with van der Waals surface area (Å²) in [5.74, 6) is 0.442. The number of rotatable bonds is 2. The van der Waals surface area contributed by atoms with Gasteiger partial charge in [0, 0.05) is 12.3 Å². The predicted molar refractivity (Wildman–Crippen MR) is 46.7 cm³/mol. The van der Waals surface area contributed by atoms with Crippen LogP contribution in [0.4, 0.5) is 0 Å². The van der Waals surface area contributed by atoms with Gasteiger partial charge in [0.25, 0.3) is 0 Å². The number of ketones is 1. The Morgan fingerprint density at radius 2 is 2.33 bits per heavy atom. The van der Waals surface area contributed by atoms with Gasteiger partial charge in [0.1, 0.15) is 6.29 Å². The molecule has 0 heterocycles. The van der Waals surface area contributed by atoms with Crippen molar-refractivity contribution in [3.05, 3.63) is 11.6 Å². The lowest BCUT2D eigenvalue weighted by atomic mass is 9.82. The van der Waals surface area contributed by atoms with Gasteiger partial charge in [-0.2, -0.15) is 0 Å². The van der Waals surface area contributed by atoms with Crippen molar-refractivity contribution in [2.24, 2.45) is 11.8 Å². The lowest BCUT2D eigenvalue weighted by Crippen LogP contribution is -2.20. The largest absolute Gasteiger partial charge is 0.303 e. The first-order valence-electron chi connectivity index (χ1n) is 4.30. The minimum Gasteiger partial charge on any atom is -0.303 e. The minimum absolute atomic E-state index is 0.0123. The van der Waals surface area contributed by atoms with Crippen molar-refractivity contribution in [2.75, 3.05) is 0 Å². The van der Waals surface area contributed by atoms with Crippen molar-refractivity contribution in [1.82, 2.24) is 0 Å². The molecule has 1 aliphatic carbocycles. The quantitative estimate of drug-likeness (QED) is 0.585. The highest BCUT2D eigenvalue weighted by Crippen LogP contribution is 2.25. The molecule has 1 rings (SSSR count).